The molecule has 4 bridgehead atoms. The van der Waals surface area contributed by atoms with Gasteiger partial charge in [-0.3, -0.25) is 0 Å². The molecule has 0 saturated carbocycles. The fourth-order valence-corrected chi connectivity index (χ4v) is 3.17. The van der Waals surface area contributed by atoms with E-state index in [4.69, 9.17) is 4.74 Å². The first-order chi connectivity index (χ1) is 13.4. The van der Waals surface area contributed by atoms with Crippen LogP contribution in [0.25, 0.3) is 16.8 Å². The summed E-state index contributed by atoms with van der Waals surface area (Å²) in [5.41, 5.74) is 0.618. The molecule has 0 spiro atoms. The summed E-state index contributed by atoms with van der Waals surface area (Å²) < 4.78 is 47.5. The third-order valence-corrected chi connectivity index (χ3v) is 4.68. The predicted octanol–water partition coefficient (Wildman–Crippen LogP) is 3.54. The first-order valence-corrected chi connectivity index (χ1v) is 9.02. The Balaban J connectivity index is 1.84. The highest BCUT2D eigenvalue weighted by Gasteiger charge is 2.32. The van der Waals surface area contributed by atoms with Gasteiger partial charge in [0.1, 0.15) is 18.2 Å². The van der Waals surface area contributed by atoms with Crippen LogP contribution in [0.15, 0.2) is 36.7 Å². The summed E-state index contributed by atoms with van der Waals surface area (Å²) in [6, 6.07) is 5.55. The third-order valence-electron chi connectivity index (χ3n) is 4.68. The molecule has 1 aliphatic rings. The zero-order chi connectivity index (χ0) is 19.7. The summed E-state index contributed by atoms with van der Waals surface area (Å²) in [5, 5.41) is 7.48. The van der Waals surface area contributed by atoms with E-state index in [1.807, 2.05) is 7.05 Å². The Hall–Kier alpha value is -2.81. The second-order valence-electron chi connectivity index (χ2n) is 6.82. The van der Waals surface area contributed by atoms with Crippen LogP contribution in [-0.2, 0) is 6.18 Å². The average molecular weight is 391 g/mol. The van der Waals surface area contributed by atoms with Gasteiger partial charge in [-0.25, -0.2) is 9.50 Å². The van der Waals surface area contributed by atoms with E-state index < -0.39 is 11.7 Å². The molecule has 0 fully saturated rings. The van der Waals surface area contributed by atoms with Crippen LogP contribution in [0.2, 0.25) is 0 Å². The molecule has 148 valence electrons. The van der Waals surface area contributed by atoms with E-state index in [0.717, 1.165) is 31.6 Å². The fourth-order valence-electron chi connectivity index (χ4n) is 3.17. The minimum atomic E-state index is -4.48. The Bertz CT molecular complexity index is 985. The zero-order valence-corrected chi connectivity index (χ0v) is 15.3. The van der Waals surface area contributed by atoms with Gasteiger partial charge in [-0.1, -0.05) is 0 Å². The van der Waals surface area contributed by atoms with Crippen LogP contribution in [0.5, 0.6) is 5.75 Å². The highest BCUT2D eigenvalue weighted by atomic mass is 19.4. The van der Waals surface area contributed by atoms with Crippen molar-refractivity contribution in [3.05, 3.63) is 42.2 Å². The normalized spacial score (nSPS) is 16.3. The highest BCUT2D eigenvalue weighted by Crippen LogP contribution is 2.36. The van der Waals surface area contributed by atoms with E-state index in [1.54, 1.807) is 22.8 Å². The molecule has 1 N–H and O–H groups in total. The smallest absolute Gasteiger partial charge is 0.416 e. The summed E-state index contributed by atoms with van der Waals surface area (Å²) in [6.45, 7) is 2.50. The number of likely N-dealkylation sites (N-methyl/N-ethyl adjacent to an activating group) is 1. The van der Waals surface area contributed by atoms with Gasteiger partial charge in [-0.15, -0.1) is 0 Å². The number of nitrogens with one attached hydrogen (secondary N) is 1. The van der Waals surface area contributed by atoms with E-state index in [1.165, 1.54) is 6.20 Å². The zero-order valence-electron chi connectivity index (χ0n) is 15.3. The lowest BCUT2D eigenvalue weighted by Gasteiger charge is -2.18. The molecular weight excluding hydrogens is 371 g/mol. The van der Waals surface area contributed by atoms with Gasteiger partial charge in [-0.2, -0.15) is 18.3 Å². The van der Waals surface area contributed by atoms with Crippen molar-refractivity contribution in [2.45, 2.75) is 12.6 Å². The maximum atomic E-state index is 13.4. The third kappa shape index (κ3) is 3.89. The molecule has 0 radical (unpaired) electrons. The van der Waals surface area contributed by atoms with Crippen molar-refractivity contribution in [2.24, 2.45) is 0 Å². The van der Waals surface area contributed by atoms with Crippen molar-refractivity contribution in [3.63, 3.8) is 0 Å². The molecule has 3 aromatic rings. The van der Waals surface area contributed by atoms with Crippen LogP contribution in [0.3, 0.4) is 0 Å². The van der Waals surface area contributed by atoms with Crippen molar-refractivity contribution in [3.8, 4) is 16.9 Å². The summed E-state index contributed by atoms with van der Waals surface area (Å²) >= 11 is 0. The van der Waals surface area contributed by atoms with E-state index in [-0.39, 0.29) is 5.75 Å². The van der Waals surface area contributed by atoms with Gasteiger partial charge in [0.2, 0.25) is 0 Å². The van der Waals surface area contributed by atoms with Crippen LogP contribution in [0.1, 0.15) is 12.0 Å². The van der Waals surface area contributed by atoms with Gasteiger partial charge in [0.25, 0.3) is 0 Å². The van der Waals surface area contributed by atoms with Gasteiger partial charge >= 0.3 is 6.18 Å². The number of anilines is 1. The molecule has 0 unspecified atom stereocenters. The maximum Gasteiger partial charge on any atom is 0.416 e. The van der Waals surface area contributed by atoms with Crippen LogP contribution in [0.4, 0.5) is 19.0 Å². The van der Waals surface area contributed by atoms with Crippen molar-refractivity contribution in [1.82, 2.24) is 19.5 Å². The number of ether oxygens (including phenoxy) is 1. The monoisotopic (exact) mass is 391 g/mol. The largest absolute Gasteiger partial charge is 0.492 e. The van der Waals surface area contributed by atoms with E-state index in [0.29, 0.717) is 35.7 Å². The maximum absolute atomic E-state index is 13.4. The Morgan fingerprint density at radius 3 is 2.86 bits per heavy atom. The number of aromatic nitrogens is 3. The number of rotatable bonds is 0. The van der Waals surface area contributed by atoms with Crippen molar-refractivity contribution >= 4 is 11.5 Å². The second kappa shape index (κ2) is 7.31. The lowest BCUT2D eigenvalue weighted by molar-refractivity contribution is -0.137. The number of benzene rings is 1. The summed E-state index contributed by atoms with van der Waals surface area (Å²) in [4.78, 5) is 6.63. The summed E-state index contributed by atoms with van der Waals surface area (Å²) in [5.74, 6) is 0.844. The number of nitrogens with zero attached hydrogens (tertiary/aromatic N) is 4. The first kappa shape index (κ1) is 18.5. The van der Waals surface area contributed by atoms with E-state index >= 15 is 0 Å². The van der Waals surface area contributed by atoms with Crippen LogP contribution in [0, 0.1) is 0 Å². The Labute approximate surface area is 159 Å². The lowest BCUT2D eigenvalue weighted by atomic mass is 10.0. The SMILES string of the molecule is CN1CCCNc2ccn3ncc(c3n2)-c2cc(cc(C(F)(F)F)c2)OCC1. The molecule has 0 aliphatic carbocycles. The molecule has 0 saturated heterocycles. The van der Waals surface area contributed by atoms with E-state index in [9.17, 15) is 13.2 Å². The molecule has 4 rings (SSSR count). The van der Waals surface area contributed by atoms with Crippen LogP contribution < -0.4 is 10.1 Å². The number of alkyl halides is 3. The highest BCUT2D eigenvalue weighted by molar-refractivity contribution is 5.79. The minimum Gasteiger partial charge on any atom is -0.492 e. The lowest BCUT2D eigenvalue weighted by Crippen LogP contribution is -2.26. The van der Waals surface area contributed by atoms with Crippen LogP contribution in [-0.4, -0.2) is 52.8 Å². The molecule has 1 aliphatic heterocycles. The quantitative estimate of drug-likeness (QED) is 0.635. The minimum absolute atomic E-state index is 0.182. The Kier molecular flexibility index (Phi) is 4.84. The average Bonchev–Trinajstić information content (AvgIpc) is 3.07. The molecule has 3 heterocycles. The van der Waals surface area contributed by atoms with Gasteiger partial charge in [0, 0.05) is 24.8 Å². The number of halogens is 3. The molecular formula is C19H20F3N5O. The molecule has 1 aromatic carbocycles. The topological polar surface area (TPSA) is 54.7 Å². The molecule has 9 heteroatoms. The number of fused-ring (bicyclic) bond motifs is 4. The Morgan fingerprint density at radius 1 is 1.18 bits per heavy atom. The standard InChI is InChI=1S/C19H20F3N5O/c1-26-5-2-4-23-17-3-6-27-18(25-17)16(12-24-27)13-9-14(19(20,21)22)11-15(10-13)28-8-7-26/h3,6,9-12H,2,4-5,7-8H2,1H3,(H,23,25). The first-order valence-electron chi connectivity index (χ1n) is 9.02. The van der Waals surface area contributed by atoms with Gasteiger partial charge in [-0.05, 0) is 49.8 Å². The molecule has 28 heavy (non-hydrogen) atoms. The number of hydrogen-bond acceptors (Lipinski definition) is 5. The summed E-state index contributed by atoms with van der Waals surface area (Å²) in [6.07, 6.45) is -0.307. The van der Waals surface area contributed by atoms with Crippen LogP contribution >= 0.6 is 0 Å². The van der Waals surface area contributed by atoms with Gasteiger partial charge in [0.15, 0.2) is 5.65 Å². The van der Waals surface area contributed by atoms with Gasteiger partial charge < -0.3 is 15.0 Å². The second-order valence-corrected chi connectivity index (χ2v) is 6.82. The van der Waals surface area contributed by atoms with Gasteiger partial charge in [0.05, 0.1) is 11.8 Å². The van der Waals surface area contributed by atoms with Crippen molar-refractivity contribution in [1.29, 1.82) is 0 Å². The predicted molar refractivity (Wildman–Crippen MR) is 99.5 cm³/mol. The molecule has 0 atom stereocenters. The molecule has 6 nitrogen and oxygen atoms in total. The Morgan fingerprint density at radius 2 is 2.04 bits per heavy atom. The number of hydrogen-bond donors (Lipinski definition) is 1. The van der Waals surface area contributed by atoms with Crippen molar-refractivity contribution in [2.75, 3.05) is 38.6 Å². The molecule has 0 amide bonds. The molecule has 2 aromatic heterocycles. The summed E-state index contributed by atoms with van der Waals surface area (Å²) in [7, 11) is 1.96. The van der Waals surface area contributed by atoms with E-state index in [2.05, 4.69) is 20.3 Å². The van der Waals surface area contributed by atoms with Crippen molar-refractivity contribution < 1.29 is 17.9 Å². The fraction of sp³-hybridized carbons (Fsp3) is 0.368.